The first-order chi connectivity index (χ1) is 17.5. The van der Waals surface area contributed by atoms with E-state index in [9.17, 15) is 24.0 Å². The van der Waals surface area contributed by atoms with Gasteiger partial charge in [0.05, 0.1) is 12.5 Å². The van der Waals surface area contributed by atoms with Crippen LogP contribution in [0.1, 0.15) is 58.9 Å². The predicted octanol–water partition coefficient (Wildman–Crippen LogP) is 1.91. The van der Waals surface area contributed by atoms with E-state index >= 15 is 0 Å². The Hall–Kier alpha value is -3.49. The van der Waals surface area contributed by atoms with Crippen LogP contribution in [0.25, 0.3) is 0 Å². The van der Waals surface area contributed by atoms with Crippen molar-refractivity contribution in [2.75, 3.05) is 13.1 Å². The minimum Gasteiger partial charge on any atom is -0.346 e. The Labute approximate surface area is 219 Å². The summed E-state index contributed by atoms with van der Waals surface area (Å²) in [5.41, 5.74) is 0.235. The van der Waals surface area contributed by atoms with Crippen LogP contribution in [0.4, 0.5) is 0 Å². The fraction of sp³-hybridized carbons (Fsp3) is 0.536. The summed E-state index contributed by atoms with van der Waals surface area (Å²) in [6, 6.07) is 6.66. The summed E-state index contributed by atoms with van der Waals surface area (Å²) in [5, 5.41) is 8.02. The first-order valence-corrected chi connectivity index (χ1v) is 12.9. The molecule has 4 amide bonds. The lowest BCUT2D eigenvalue weighted by molar-refractivity contribution is -0.145. The zero-order valence-electron chi connectivity index (χ0n) is 22.3. The highest BCUT2D eigenvalue weighted by molar-refractivity contribution is 6.38. The molecule has 1 aliphatic rings. The van der Waals surface area contributed by atoms with Crippen molar-refractivity contribution >= 4 is 29.4 Å². The molecule has 0 saturated carbocycles. The summed E-state index contributed by atoms with van der Waals surface area (Å²) in [6.07, 6.45) is 3.53. The number of benzene rings is 1. The third kappa shape index (κ3) is 8.55. The summed E-state index contributed by atoms with van der Waals surface area (Å²) >= 11 is 0. The second-order valence-electron chi connectivity index (χ2n) is 10.4. The molecular formula is C28H40N4O5. The molecule has 3 N–H and O–H groups in total. The van der Waals surface area contributed by atoms with Gasteiger partial charge in [-0.2, -0.15) is 0 Å². The van der Waals surface area contributed by atoms with Crippen LogP contribution in [-0.4, -0.2) is 65.5 Å². The molecule has 1 aromatic rings. The molecular weight excluding hydrogens is 472 g/mol. The van der Waals surface area contributed by atoms with E-state index in [0.29, 0.717) is 32.2 Å². The number of ketones is 1. The second-order valence-corrected chi connectivity index (χ2v) is 10.4. The summed E-state index contributed by atoms with van der Waals surface area (Å²) < 4.78 is 0. The van der Waals surface area contributed by atoms with Gasteiger partial charge in [0.2, 0.25) is 23.5 Å². The maximum Gasteiger partial charge on any atom is 0.289 e. The van der Waals surface area contributed by atoms with E-state index < -0.39 is 41.1 Å². The molecule has 37 heavy (non-hydrogen) atoms. The van der Waals surface area contributed by atoms with E-state index in [1.165, 1.54) is 11.0 Å². The fourth-order valence-electron chi connectivity index (χ4n) is 4.35. The molecule has 1 saturated heterocycles. The molecule has 9 heteroatoms. The number of hydrogen-bond donors (Lipinski definition) is 3. The SMILES string of the molecule is C=CCNC(=O)C(=O)C(CCC)NC(=O)C1CCCN1C(=O)C(NC(=O)Cc1ccccc1)C(C)(C)C. The average Bonchev–Trinajstić information content (AvgIpc) is 3.35. The lowest BCUT2D eigenvalue weighted by atomic mass is 9.85. The first-order valence-electron chi connectivity index (χ1n) is 12.9. The Morgan fingerprint density at radius 3 is 2.38 bits per heavy atom. The molecule has 9 nitrogen and oxygen atoms in total. The Morgan fingerprint density at radius 2 is 1.78 bits per heavy atom. The molecule has 3 unspecified atom stereocenters. The van der Waals surface area contributed by atoms with Crippen molar-refractivity contribution in [1.82, 2.24) is 20.9 Å². The van der Waals surface area contributed by atoms with Crippen LogP contribution in [0.5, 0.6) is 0 Å². The number of amides is 4. The fourth-order valence-corrected chi connectivity index (χ4v) is 4.35. The van der Waals surface area contributed by atoms with E-state index in [2.05, 4.69) is 22.5 Å². The monoisotopic (exact) mass is 512 g/mol. The molecule has 0 aromatic heterocycles. The maximum absolute atomic E-state index is 13.7. The number of nitrogens with one attached hydrogen (secondary N) is 3. The second kappa shape index (κ2) is 13.7. The summed E-state index contributed by atoms with van der Waals surface area (Å²) in [4.78, 5) is 66.0. The zero-order valence-corrected chi connectivity index (χ0v) is 22.3. The Balaban J connectivity index is 2.14. The van der Waals surface area contributed by atoms with Crippen molar-refractivity contribution in [1.29, 1.82) is 0 Å². The van der Waals surface area contributed by atoms with E-state index in [4.69, 9.17) is 0 Å². The van der Waals surface area contributed by atoms with Gasteiger partial charge in [-0.3, -0.25) is 24.0 Å². The number of carbonyl (C=O) groups is 5. The van der Waals surface area contributed by atoms with Crippen LogP contribution in [0.15, 0.2) is 43.0 Å². The molecule has 1 fully saturated rings. The van der Waals surface area contributed by atoms with Crippen LogP contribution in [-0.2, 0) is 30.4 Å². The van der Waals surface area contributed by atoms with Gasteiger partial charge in [0.15, 0.2) is 0 Å². The molecule has 1 aliphatic heterocycles. The Bertz CT molecular complexity index is 986. The third-order valence-electron chi connectivity index (χ3n) is 6.31. The normalized spacial score (nSPS) is 16.9. The highest BCUT2D eigenvalue weighted by Gasteiger charge is 2.42. The van der Waals surface area contributed by atoms with Crippen LogP contribution in [0, 0.1) is 5.41 Å². The molecule has 0 spiro atoms. The van der Waals surface area contributed by atoms with Gasteiger partial charge in [0.1, 0.15) is 12.1 Å². The van der Waals surface area contributed by atoms with Crippen molar-refractivity contribution in [3.05, 3.63) is 48.6 Å². The standard InChI is InChI=1S/C28H40N4O5/c1-6-12-20(23(34)26(36)29-16-7-2)30-25(35)21-15-11-17-32(21)27(37)24(28(3,4)5)31-22(33)18-19-13-9-8-10-14-19/h7-10,13-14,20-21,24H,2,6,11-12,15-18H2,1,3-5H3,(H,29,36)(H,30,35)(H,31,33). The van der Waals surface area contributed by atoms with Crippen molar-refractivity contribution < 1.29 is 24.0 Å². The van der Waals surface area contributed by atoms with Gasteiger partial charge < -0.3 is 20.9 Å². The molecule has 2 rings (SSSR count). The van der Waals surface area contributed by atoms with Gasteiger partial charge in [0, 0.05) is 13.1 Å². The van der Waals surface area contributed by atoms with Crippen molar-refractivity contribution in [2.45, 2.75) is 77.9 Å². The van der Waals surface area contributed by atoms with Gasteiger partial charge in [-0.1, -0.05) is 70.5 Å². The van der Waals surface area contributed by atoms with E-state index in [1.807, 2.05) is 58.0 Å². The molecule has 1 aromatic carbocycles. The predicted molar refractivity (Wildman–Crippen MR) is 141 cm³/mol. The molecule has 3 atom stereocenters. The lowest BCUT2D eigenvalue weighted by Crippen LogP contribution is -2.59. The van der Waals surface area contributed by atoms with Crippen LogP contribution in [0.3, 0.4) is 0 Å². The number of nitrogens with zero attached hydrogens (tertiary/aromatic N) is 1. The van der Waals surface area contributed by atoms with Crippen molar-refractivity contribution in [3.8, 4) is 0 Å². The van der Waals surface area contributed by atoms with Gasteiger partial charge in [-0.25, -0.2) is 0 Å². The highest BCUT2D eigenvalue weighted by Crippen LogP contribution is 2.26. The van der Waals surface area contributed by atoms with Gasteiger partial charge in [-0.15, -0.1) is 6.58 Å². The number of carbonyl (C=O) groups excluding carboxylic acids is 5. The van der Waals surface area contributed by atoms with Crippen molar-refractivity contribution in [2.24, 2.45) is 5.41 Å². The Morgan fingerprint density at radius 1 is 1.11 bits per heavy atom. The molecule has 202 valence electrons. The molecule has 1 heterocycles. The lowest BCUT2D eigenvalue weighted by Gasteiger charge is -2.35. The maximum atomic E-state index is 13.7. The summed E-state index contributed by atoms with van der Waals surface area (Å²) in [5.74, 6) is -2.61. The number of likely N-dealkylation sites (tertiary alicyclic amines) is 1. The largest absolute Gasteiger partial charge is 0.346 e. The molecule has 0 bridgehead atoms. The minimum absolute atomic E-state index is 0.138. The molecule has 0 radical (unpaired) electrons. The van der Waals surface area contributed by atoms with Gasteiger partial charge >= 0.3 is 0 Å². The van der Waals surface area contributed by atoms with E-state index in [1.54, 1.807) is 0 Å². The summed E-state index contributed by atoms with van der Waals surface area (Å²) in [6.45, 7) is 11.5. The zero-order chi connectivity index (χ0) is 27.6. The third-order valence-corrected chi connectivity index (χ3v) is 6.31. The smallest absolute Gasteiger partial charge is 0.289 e. The quantitative estimate of drug-likeness (QED) is 0.291. The van der Waals surface area contributed by atoms with Gasteiger partial charge in [-0.05, 0) is 30.2 Å². The topological polar surface area (TPSA) is 125 Å². The number of Topliss-reactive ketones (excluding diaryl/α,β-unsaturated/α-hetero) is 1. The number of rotatable bonds is 12. The highest BCUT2D eigenvalue weighted by atomic mass is 16.2. The van der Waals surface area contributed by atoms with Crippen LogP contribution in [0.2, 0.25) is 0 Å². The minimum atomic E-state index is -0.983. The van der Waals surface area contributed by atoms with E-state index in [-0.39, 0.29) is 24.8 Å². The van der Waals surface area contributed by atoms with Gasteiger partial charge in [0.25, 0.3) is 5.91 Å². The Kier molecular flexibility index (Phi) is 11.0. The number of hydrogen-bond acceptors (Lipinski definition) is 5. The average molecular weight is 513 g/mol. The van der Waals surface area contributed by atoms with Crippen LogP contribution < -0.4 is 16.0 Å². The molecule has 0 aliphatic carbocycles. The van der Waals surface area contributed by atoms with E-state index in [0.717, 1.165) is 5.56 Å². The van der Waals surface area contributed by atoms with Crippen molar-refractivity contribution in [3.63, 3.8) is 0 Å². The first kappa shape index (κ1) is 29.7. The summed E-state index contributed by atoms with van der Waals surface area (Å²) in [7, 11) is 0. The van der Waals surface area contributed by atoms with Crippen LogP contribution >= 0.6 is 0 Å².